The number of hydrogen-bond donors (Lipinski definition) is 3. The molecule has 0 aliphatic carbocycles. The molecule has 0 aromatic carbocycles. The number of carboxylic acid groups (broad SMARTS) is 2. The van der Waals surface area contributed by atoms with E-state index in [4.69, 9.17) is 20.1 Å². The molecule has 0 amide bonds. The van der Waals surface area contributed by atoms with Crippen LogP contribution >= 0.6 is 0 Å². The number of rotatable bonds is 9. The van der Waals surface area contributed by atoms with Gasteiger partial charge in [0, 0.05) is 65.7 Å². The molecule has 90 valence electrons. The molecule has 7 nitrogen and oxygen atoms in total. The van der Waals surface area contributed by atoms with Gasteiger partial charge in [0.2, 0.25) is 0 Å². The van der Waals surface area contributed by atoms with Gasteiger partial charge < -0.3 is 20.1 Å². The van der Waals surface area contributed by atoms with Crippen LogP contribution in [0.15, 0.2) is 0 Å². The van der Waals surface area contributed by atoms with Gasteiger partial charge in [0.1, 0.15) is 0 Å². The van der Waals surface area contributed by atoms with E-state index in [0.29, 0.717) is 0 Å². The molecule has 0 aliphatic rings. The molecule has 0 heterocycles. The Hall–Kier alpha value is 0.820. The van der Waals surface area contributed by atoms with Crippen LogP contribution in [0.4, 0.5) is 0 Å². The zero-order valence-electron chi connectivity index (χ0n) is 10.3. The van der Waals surface area contributed by atoms with E-state index in [1.807, 2.05) is 0 Å². The normalized spacial score (nSPS) is 9.29. The zero-order chi connectivity index (χ0) is 11.7. The van der Waals surface area contributed by atoms with Gasteiger partial charge >= 0.3 is 11.9 Å². The Morgan fingerprint density at radius 2 is 1.47 bits per heavy atom. The maximum Gasteiger partial charge on any atom is 0.317 e. The molecule has 0 unspecified atom stereocenters. The quantitative estimate of drug-likeness (QED) is 0.318. The number of aliphatic hydroxyl groups excluding tert-OH is 1. The fraction of sp³-hybridized carbons (Fsp3) is 0.750. The molecule has 17 heavy (non-hydrogen) atoms. The van der Waals surface area contributed by atoms with E-state index in [9.17, 15) is 9.59 Å². The first kappa shape index (κ1) is 23.0. The fourth-order valence-corrected chi connectivity index (χ4v) is 0.957. The second kappa shape index (κ2) is 14.9. The second-order valence-electron chi connectivity index (χ2n) is 2.83. The third-order valence-corrected chi connectivity index (χ3v) is 1.51. The Bertz CT molecular complexity index is 200. The van der Waals surface area contributed by atoms with Gasteiger partial charge in [-0.2, -0.15) is 0 Å². The van der Waals surface area contributed by atoms with Gasteiger partial charge in [0.15, 0.2) is 0 Å². The van der Waals surface area contributed by atoms with Crippen LogP contribution in [-0.4, -0.2) is 131 Å². The molecule has 0 rings (SSSR count). The summed E-state index contributed by atoms with van der Waals surface area (Å²) in [6.07, 6.45) is 0. The first-order valence-electron chi connectivity index (χ1n) is 4.40. The van der Waals surface area contributed by atoms with Crippen molar-refractivity contribution in [3.8, 4) is 0 Å². The predicted molar refractivity (Wildman–Crippen MR) is 61.1 cm³/mol. The van der Waals surface area contributed by atoms with Crippen molar-refractivity contribution in [3.05, 3.63) is 0 Å². The molecule has 0 bridgehead atoms. The summed E-state index contributed by atoms with van der Waals surface area (Å²) in [5.74, 6) is -2.17. The van der Waals surface area contributed by atoms with Crippen molar-refractivity contribution in [2.45, 2.75) is 0 Å². The number of aliphatic carboxylic acids is 2. The number of carboxylic acids is 2. The van der Waals surface area contributed by atoms with E-state index in [-0.39, 0.29) is 98.6 Å². The van der Waals surface area contributed by atoms with Crippen LogP contribution in [0.2, 0.25) is 0 Å². The van der Waals surface area contributed by atoms with Crippen LogP contribution < -0.4 is 0 Å². The molecule has 0 aromatic rings. The van der Waals surface area contributed by atoms with Gasteiger partial charge in [-0.3, -0.25) is 14.5 Å². The van der Waals surface area contributed by atoms with Crippen molar-refractivity contribution in [3.63, 3.8) is 0 Å². The van der Waals surface area contributed by atoms with Gasteiger partial charge in [0.05, 0.1) is 32.9 Å². The Morgan fingerprint density at radius 1 is 1.00 bits per heavy atom. The van der Waals surface area contributed by atoms with Crippen molar-refractivity contribution in [1.29, 1.82) is 0 Å². The SMILES string of the molecule is O=C(O)CN(CCOCCO)CC(=O)O.[Na].[Na]. The van der Waals surface area contributed by atoms with Crippen molar-refractivity contribution in [2.24, 2.45) is 0 Å². The fourth-order valence-electron chi connectivity index (χ4n) is 0.957. The number of hydrogen-bond acceptors (Lipinski definition) is 5. The summed E-state index contributed by atoms with van der Waals surface area (Å²) in [6.45, 7) is -0.227. The van der Waals surface area contributed by atoms with Gasteiger partial charge in [-0.15, -0.1) is 0 Å². The molecule has 9 heteroatoms. The Kier molecular flexibility index (Phi) is 20.1. The summed E-state index contributed by atoms with van der Waals surface area (Å²) in [5, 5.41) is 25.4. The summed E-state index contributed by atoms with van der Waals surface area (Å²) in [6, 6.07) is 0. The minimum atomic E-state index is -1.08. The third-order valence-electron chi connectivity index (χ3n) is 1.51. The average molecular weight is 267 g/mol. The summed E-state index contributed by atoms with van der Waals surface area (Å²) in [7, 11) is 0. The van der Waals surface area contributed by atoms with E-state index >= 15 is 0 Å². The summed E-state index contributed by atoms with van der Waals surface area (Å²) < 4.78 is 4.90. The van der Waals surface area contributed by atoms with Crippen LogP contribution in [0.1, 0.15) is 0 Å². The first-order chi connectivity index (χ1) is 7.06. The maximum atomic E-state index is 10.4. The largest absolute Gasteiger partial charge is 0.480 e. The van der Waals surface area contributed by atoms with Gasteiger partial charge in [-0.25, -0.2) is 0 Å². The second-order valence-corrected chi connectivity index (χ2v) is 2.83. The average Bonchev–Trinajstić information content (AvgIpc) is 2.10. The molecule has 0 fully saturated rings. The van der Waals surface area contributed by atoms with Crippen molar-refractivity contribution >= 4 is 71.1 Å². The van der Waals surface area contributed by atoms with E-state index in [1.165, 1.54) is 4.90 Å². The van der Waals surface area contributed by atoms with Gasteiger partial charge in [-0.05, 0) is 0 Å². The molecular weight excluding hydrogens is 252 g/mol. The minimum Gasteiger partial charge on any atom is -0.480 e. The predicted octanol–water partition coefficient (Wildman–Crippen LogP) is -2.30. The van der Waals surface area contributed by atoms with Crippen molar-refractivity contribution in [2.75, 3.05) is 39.5 Å². The topological polar surface area (TPSA) is 107 Å². The van der Waals surface area contributed by atoms with Crippen LogP contribution in [-0.2, 0) is 14.3 Å². The van der Waals surface area contributed by atoms with E-state index in [2.05, 4.69) is 0 Å². The smallest absolute Gasteiger partial charge is 0.317 e. The zero-order valence-corrected chi connectivity index (χ0v) is 14.3. The molecule has 0 atom stereocenters. The molecule has 0 saturated heterocycles. The molecule has 3 N–H and O–H groups in total. The number of ether oxygens (including phenoxy) is 1. The Balaban J connectivity index is -0.000000980. The molecule has 0 aliphatic heterocycles. The maximum absolute atomic E-state index is 10.4. The Morgan fingerprint density at radius 3 is 1.82 bits per heavy atom. The number of carbonyl (C=O) groups is 2. The first-order valence-corrected chi connectivity index (χ1v) is 4.40. The standard InChI is InChI=1S/C8H15NO6.2Na/c10-2-4-15-3-1-9(5-7(11)12)6-8(13)14;;/h10H,1-6H2,(H,11,12)(H,13,14);;. The van der Waals surface area contributed by atoms with Crippen LogP contribution in [0.25, 0.3) is 0 Å². The van der Waals surface area contributed by atoms with Crippen LogP contribution in [0.5, 0.6) is 0 Å². The summed E-state index contributed by atoms with van der Waals surface area (Å²) in [5.41, 5.74) is 0. The van der Waals surface area contributed by atoms with Crippen LogP contribution in [0.3, 0.4) is 0 Å². The molecule has 0 aromatic heterocycles. The van der Waals surface area contributed by atoms with Crippen molar-refractivity contribution < 1.29 is 29.6 Å². The van der Waals surface area contributed by atoms with Crippen molar-refractivity contribution in [1.82, 2.24) is 4.90 Å². The Labute approximate surface area is 144 Å². The molecule has 0 saturated carbocycles. The van der Waals surface area contributed by atoms with E-state index < -0.39 is 11.9 Å². The summed E-state index contributed by atoms with van der Waals surface area (Å²) >= 11 is 0. The number of aliphatic hydroxyl groups is 1. The minimum absolute atomic E-state index is 0. The monoisotopic (exact) mass is 267 g/mol. The number of nitrogens with zero attached hydrogens (tertiary/aromatic N) is 1. The molecule has 0 spiro atoms. The molecular formula is C8H15NNa2O6. The van der Waals surface area contributed by atoms with Gasteiger partial charge in [0.25, 0.3) is 0 Å². The van der Waals surface area contributed by atoms with E-state index in [0.717, 1.165) is 0 Å². The third kappa shape index (κ3) is 16.8. The van der Waals surface area contributed by atoms with E-state index in [1.54, 1.807) is 0 Å². The van der Waals surface area contributed by atoms with Gasteiger partial charge in [-0.1, -0.05) is 0 Å². The van der Waals surface area contributed by atoms with Crippen LogP contribution in [0, 0.1) is 0 Å². The summed E-state index contributed by atoms with van der Waals surface area (Å²) in [4.78, 5) is 22.0. The molecule has 2 radical (unpaired) electrons.